The summed E-state index contributed by atoms with van der Waals surface area (Å²) in [4.78, 5) is 21.7. The van der Waals surface area contributed by atoms with Crippen molar-refractivity contribution in [3.05, 3.63) is 29.3 Å². The number of benzene rings is 1. The van der Waals surface area contributed by atoms with E-state index in [1.54, 1.807) is 19.9 Å². The zero-order chi connectivity index (χ0) is 12.8. The van der Waals surface area contributed by atoms with Gasteiger partial charge in [0.1, 0.15) is 11.3 Å². The molecule has 0 bridgehead atoms. The van der Waals surface area contributed by atoms with Gasteiger partial charge in [0.05, 0.1) is 12.6 Å². The number of carbonyl (C=O) groups excluding carboxylic acids is 2. The minimum Gasteiger partial charge on any atom is -0.507 e. The van der Waals surface area contributed by atoms with Crippen LogP contribution in [0.1, 0.15) is 35.8 Å². The van der Waals surface area contributed by atoms with Crippen LogP contribution in [-0.4, -0.2) is 24.1 Å². The largest absolute Gasteiger partial charge is 0.507 e. The van der Waals surface area contributed by atoms with Crippen molar-refractivity contribution >= 4 is 12.4 Å². The van der Waals surface area contributed by atoms with Gasteiger partial charge in [0.25, 0.3) is 0 Å². The number of nitrogens with one attached hydrogen (secondary N) is 1. The van der Waals surface area contributed by atoms with E-state index in [0.29, 0.717) is 12.0 Å². The van der Waals surface area contributed by atoms with Gasteiger partial charge in [0.2, 0.25) is 6.41 Å². The lowest BCUT2D eigenvalue weighted by Crippen LogP contribution is -2.16. The molecule has 17 heavy (non-hydrogen) atoms. The van der Waals surface area contributed by atoms with E-state index in [0.717, 1.165) is 0 Å². The van der Waals surface area contributed by atoms with Crippen molar-refractivity contribution < 1.29 is 19.4 Å². The summed E-state index contributed by atoms with van der Waals surface area (Å²) in [6.45, 7) is 3.72. The molecule has 0 aliphatic heterocycles. The van der Waals surface area contributed by atoms with Crippen molar-refractivity contribution in [1.29, 1.82) is 0 Å². The second-order valence-corrected chi connectivity index (χ2v) is 3.50. The number of carbonyl (C=O) groups is 2. The lowest BCUT2D eigenvalue weighted by atomic mass is 10.1. The van der Waals surface area contributed by atoms with Gasteiger partial charge in [-0.25, -0.2) is 4.79 Å². The van der Waals surface area contributed by atoms with Gasteiger partial charge in [-0.2, -0.15) is 0 Å². The third-order valence-electron chi connectivity index (χ3n) is 2.34. The van der Waals surface area contributed by atoms with Crippen molar-refractivity contribution in [3.63, 3.8) is 0 Å². The van der Waals surface area contributed by atoms with Gasteiger partial charge in [0.15, 0.2) is 0 Å². The van der Waals surface area contributed by atoms with E-state index in [2.05, 4.69) is 5.32 Å². The van der Waals surface area contributed by atoms with Crippen molar-refractivity contribution in [2.75, 3.05) is 6.61 Å². The molecule has 1 atom stereocenters. The maximum Gasteiger partial charge on any atom is 0.341 e. The van der Waals surface area contributed by atoms with E-state index in [-0.39, 0.29) is 24.0 Å². The fourth-order valence-corrected chi connectivity index (χ4v) is 1.40. The maximum absolute atomic E-state index is 11.4. The van der Waals surface area contributed by atoms with Crippen molar-refractivity contribution in [2.45, 2.75) is 19.9 Å². The third kappa shape index (κ3) is 3.21. The molecule has 0 heterocycles. The normalized spacial score (nSPS) is 11.6. The molecule has 1 rings (SSSR count). The number of aromatic hydroxyl groups is 1. The summed E-state index contributed by atoms with van der Waals surface area (Å²) in [7, 11) is 0. The van der Waals surface area contributed by atoms with Gasteiger partial charge in [-0.1, -0.05) is 6.07 Å². The fraction of sp³-hybridized carbons (Fsp3) is 0.333. The molecule has 0 fully saturated rings. The molecule has 1 aromatic rings. The first kappa shape index (κ1) is 13.0. The zero-order valence-corrected chi connectivity index (χ0v) is 9.77. The van der Waals surface area contributed by atoms with Gasteiger partial charge >= 0.3 is 5.97 Å². The molecule has 0 aromatic heterocycles. The van der Waals surface area contributed by atoms with Crippen LogP contribution in [0, 0.1) is 0 Å². The highest BCUT2D eigenvalue weighted by Gasteiger charge is 2.14. The SMILES string of the molecule is CCOC(=O)c1ccc(C(C)NC=O)cc1O. The summed E-state index contributed by atoms with van der Waals surface area (Å²) in [6.07, 6.45) is 0.584. The van der Waals surface area contributed by atoms with Crippen LogP contribution in [0.5, 0.6) is 5.75 Å². The van der Waals surface area contributed by atoms with Crippen LogP contribution in [0.2, 0.25) is 0 Å². The Labute approximate surface area is 99.4 Å². The Balaban J connectivity index is 2.93. The molecule has 1 unspecified atom stereocenters. The number of phenolic OH excluding ortho intramolecular Hbond substituents is 1. The van der Waals surface area contributed by atoms with E-state index < -0.39 is 5.97 Å². The number of hydrogen-bond acceptors (Lipinski definition) is 4. The minimum atomic E-state index is -0.562. The fourth-order valence-electron chi connectivity index (χ4n) is 1.40. The molecule has 0 aliphatic carbocycles. The van der Waals surface area contributed by atoms with E-state index in [1.807, 2.05) is 0 Å². The number of esters is 1. The Morgan fingerprint density at radius 3 is 2.82 bits per heavy atom. The summed E-state index contributed by atoms with van der Waals surface area (Å²) >= 11 is 0. The highest BCUT2D eigenvalue weighted by molar-refractivity contribution is 5.92. The summed E-state index contributed by atoms with van der Waals surface area (Å²) in [5.41, 5.74) is 0.830. The number of rotatable bonds is 5. The number of amides is 1. The molecular formula is C12H15NO4. The van der Waals surface area contributed by atoms with E-state index >= 15 is 0 Å². The summed E-state index contributed by atoms with van der Waals surface area (Å²) in [5.74, 6) is -0.715. The van der Waals surface area contributed by atoms with E-state index in [9.17, 15) is 14.7 Å². The van der Waals surface area contributed by atoms with Gasteiger partial charge in [0, 0.05) is 0 Å². The first-order chi connectivity index (χ1) is 8.10. The van der Waals surface area contributed by atoms with Crippen LogP contribution in [0.4, 0.5) is 0 Å². The molecule has 0 saturated carbocycles. The molecular weight excluding hydrogens is 222 g/mol. The van der Waals surface area contributed by atoms with Crippen molar-refractivity contribution in [2.24, 2.45) is 0 Å². The molecule has 5 nitrogen and oxygen atoms in total. The van der Waals surface area contributed by atoms with Gasteiger partial charge in [-0.05, 0) is 31.5 Å². The Morgan fingerprint density at radius 1 is 1.59 bits per heavy atom. The number of phenols is 1. The lowest BCUT2D eigenvalue weighted by molar-refractivity contribution is -0.110. The van der Waals surface area contributed by atoms with E-state index in [4.69, 9.17) is 4.74 Å². The average molecular weight is 237 g/mol. The predicted octanol–water partition coefficient (Wildman–Crippen LogP) is 1.38. The Kier molecular flexibility index (Phi) is 4.51. The maximum atomic E-state index is 11.4. The molecule has 0 saturated heterocycles. The van der Waals surface area contributed by atoms with Crippen LogP contribution in [0.25, 0.3) is 0 Å². The first-order valence-corrected chi connectivity index (χ1v) is 5.29. The van der Waals surface area contributed by atoms with Gasteiger partial charge < -0.3 is 15.2 Å². The second kappa shape index (κ2) is 5.89. The topological polar surface area (TPSA) is 75.6 Å². The second-order valence-electron chi connectivity index (χ2n) is 3.50. The highest BCUT2D eigenvalue weighted by Crippen LogP contribution is 2.23. The third-order valence-corrected chi connectivity index (χ3v) is 2.34. The van der Waals surface area contributed by atoms with Crippen LogP contribution >= 0.6 is 0 Å². The van der Waals surface area contributed by atoms with Crippen molar-refractivity contribution in [3.8, 4) is 5.75 Å². The van der Waals surface area contributed by atoms with Crippen LogP contribution in [0.3, 0.4) is 0 Å². The zero-order valence-electron chi connectivity index (χ0n) is 9.77. The molecule has 1 amide bonds. The summed E-state index contributed by atoms with van der Waals surface area (Å²) in [6, 6.07) is 4.35. The van der Waals surface area contributed by atoms with Crippen LogP contribution in [-0.2, 0) is 9.53 Å². The molecule has 0 radical (unpaired) electrons. The Morgan fingerprint density at radius 2 is 2.29 bits per heavy atom. The van der Waals surface area contributed by atoms with Crippen LogP contribution < -0.4 is 5.32 Å². The minimum absolute atomic E-state index is 0.119. The summed E-state index contributed by atoms with van der Waals surface area (Å²) < 4.78 is 4.79. The molecule has 1 aromatic carbocycles. The quantitative estimate of drug-likeness (QED) is 0.599. The smallest absolute Gasteiger partial charge is 0.341 e. The average Bonchev–Trinajstić information content (AvgIpc) is 2.29. The molecule has 0 spiro atoms. The summed E-state index contributed by atoms with van der Waals surface area (Å²) in [5, 5.41) is 12.2. The first-order valence-electron chi connectivity index (χ1n) is 5.29. The van der Waals surface area contributed by atoms with Crippen molar-refractivity contribution in [1.82, 2.24) is 5.32 Å². The Hall–Kier alpha value is -2.04. The molecule has 2 N–H and O–H groups in total. The molecule has 5 heteroatoms. The highest BCUT2D eigenvalue weighted by atomic mass is 16.5. The predicted molar refractivity (Wildman–Crippen MR) is 61.7 cm³/mol. The standard InChI is InChI=1S/C12H15NO4/c1-3-17-12(16)10-5-4-9(6-11(10)15)8(2)13-7-14/h4-8,15H,3H2,1-2H3,(H,13,14). The van der Waals surface area contributed by atoms with Gasteiger partial charge in [-0.15, -0.1) is 0 Å². The van der Waals surface area contributed by atoms with Gasteiger partial charge in [-0.3, -0.25) is 4.79 Å². The number of hydrogen-bond donors (Lipinski definition) is 2. The van der Waals surface area contributed by atoms with E-state index in [1.165, 1.54) is 12.1 Å². The molecule has 0 aliphatic rings. The Bertz CT molecular complexity index is 417. The monoisotopic (exact) mass is 237 g/mol. The lowest BCUT2D eigenvalue weighted by Gasteiger charge is -2.12. The van der Waals surface area contributed by atoms with Crippen LogP contribution in [0.15, 0.2) is 18.2 Å². The molecule has 92 valence electrons. The number of ether oxygens (including phenoxy) is 1.